The fraction of sp³-hybridized carbons (Fsp3) is 0.300. The Bertz CT molecular complexity index is 931. The molecule has 1 aliphatic carbocycles. The third-order valence-electron chi connectivity index (χ3n) is 4.72. The molecule has 1 aliphatic rings. The number of fused-ring (bicyclic) bond motifs is 1. The van der Waals surface area contributed by atoms with Gasteiger partial charge in [0.05, 0.1) is 16.5 Å². The molecule has 0 aromatic heterocycles. The molecule has 2 aromatic carbocycles. The number of nitro groups is 1. The Morgan fingerprint density at radius 1 is 1.29 bits per heavy atom. The first-order valence-corrected chi connectivity index (χ1v) is 9.27. The van der Waals surface area contributed by atoms with Crippen LogP contribution in [0.15, 0.2) is 42.5 Å². The minimum atomic E-state index is -1.05. The topological polar surface area (TPSA) is 98.5 Å². The molecule has 0 fully saturated rings. The first kappa shape index (κ1) is 19.8. The summed E-state index contributed by atoms with van der Waals surface area (Å²) in [5.41, 5.74) is 1.84. The number of benzene rings is 2. The molecule has 2 aromatic rings. The van der Waals surface area contributed by atoms with Crippen molar-refractivity contribution >= 4 is 29.2 Å². The van der Waals surface area contributed by atoms with Crippen LogP contribution in [0.5, 0.6) is 0 Å². The van der Waals surface area contributed by atoms with E-state index in [-0.39, 0.29) is 16.6 Å². The quantitative estimate of drug-likeness (QED) is 0.463. The van der Waals surface area contributed by atoms with Gasteiger partial charge in [-0.25, -0.2) is 4.79 Å². The zero-order valence-electron chi connectivity index (χ0n) is 15.2. The number of halogens is 1. The van der Waals surface area contributed by atoms with Gasteiger partial charge in [0, 0.05) is 6.07 Å². The highest BCUT2D eigenvalue weighted by Gasteiger charge is 2.26. The molecule has 1 amide bonds. The predicted octanol–water partition coefficient (Wildman–Crippen LogP) is 3.99. The Morgan fingerprint density at radius 3 is 2.79 bits per heavy atom. The Balaban J connectivity index is 1.66. The molecule has 0 radical (unpaired) electrons. The zero-order chi connectivity index (χ0) is 20.3. The molecule has 0 saturated carbocycles. The van der Waals surface area contributed by atoms with Crippen LogP contribution in [-0.2, 0) is 16.0 Å². The van der Waals surface area contributed by atoms with Crippen molar-refractivity contribution in [3.8, 4) is 0 Å². The number of nitrogens with zero attached hydrogens (tertiary/aromatic N) is 1. The highest BCUT2D eigenvalue weighted by molar-refractivity contribution is 6.32. The normalized spacial score (nSPS) is 16.6. The van der Waals surface area contributed by atoms with E-state index in [0.29, 0.717) is 0 Å². The number of esters is 1. The second-order valence-electron chi connectivity index (χ2n) is 6.62. The molecule has 3 rings (SSSR count). The van der Waals surface area contributed by atoms with Gasteiger partial charge >= 0.3 is 5.97 Å². The van der Waals surface area contributed by atoms with Crippen molar-refractivity contribution in [3.63, 3.8) is 0 Å². The van der Waals surface area contributed by atoms with Gasteiger partial charge in [-0.3, -0.25) is 14.9 Å². The molecule has 2 atom stereocenters. The number of hydrogen-bond acceptors (Lipinski definition) is 5. The van der Waals surface area contributed by atoms with E-state index in [2.05, 4.69) is 5.32 Å². The molecule has 0 aliphatic heterocycles. The molecule has 0 bridgehead atoms. The number of nitro benzene ring substituents is 1. The second kappa shape index (κ2) is 8.39. The molecule has 8 heteroatoms. The predicted molar refractivity (Wildman–Crippen MR) is 103 cm³/mol. The van der Waals surface area contributed by atoms with Crippen molar-refractivity contribution in [2.24, 2.45) is 0 Å². The average molecular weight is 403 g/mol. The molecular formula is C20H19ClN2O5. The summed E-state index contributed by atoms with van der Waals surface area (Å²) in [7, 11) is 0. The Kier molecular flexibility index (Phi) is 5.94. The lowest BCUT2D eigenvalue weighted by Gasteiger charge is -2.27. The Hall–Kier alpha value is -2.93. The molecule has 7 nitrogen and oxygen atoms in total. The molecule has 0 unspecified atom stereocenters. The minimum Gasteiger partial charge on any atom is -0.449 e. The summed E-state index contributed by atoms with van der Waals surface area (Å²) in [6.07, 6.45) is 1.70. The van der Waals surface area contributed by atoms with Crippen molar-refractivity contribution in [2.75, 3.05) is 0 Å². The first-order chi connectivity index (χ1) is 13.4. The van der Waals surface area contributed by atoms with Crippen LogP contribution < -0.4 is 5.32 Å². The zero-order valence-corrected chi connectivity index (χ0v) is 15.9. The fourth-order valence-corrected chi connectivity index (χ4v) is 3.44. The van der Waals surface area contributed by atoms with E-state index in [1.807, 2.05) is 24.3 Å². The van der Waals surface area contributed by atoms with Gasteiger partial charge in [-0.05, 0) is 49.4 Å². The van der Waals surface area contributed by atoms with E-state index >= 15 is 0 Å². The van der Waals surface area contributed by atoms with Crippen LogP contribution in [0.4, 0.5) is 5.69 Å². The van der Waals surface area contributed by atoms with Gasteiger partial charge in [0.1, 0.15) is 5.02 Å². The van der Waals surface area contributed by atoms with Gasteiger partial charge in [-0.2, -0.15) is 0 Å². The maximum atomic E-state index is 12.5. The SMILES string of the molecule is C[C@H](OC(=O)c1ccc(Cl)c([N+](=O)[O-])c1)C(=O)N[C@@H]1CCCc2ccccc21. The number of rotatable bonds is 5. The number of carbonyl (C=O) groups is 2. The van der Waals surface area contributed by atoms with Crippen LogP contribution in [-0.4, -0.2) is 22.9 Å². The van der Waals surface area contributed by atoms with Crippen molar-refractivity contribution < 1.29 is 19.2 Å². The summed E-state index contributed by atoms with van der Waals surface area (Å²) in [6.45, 7) is 1.46. The summed E-state index contributed by atoms with van der Waals surface area (Å²) >= 11 is 5.74. The van der Waals surface area contributed by atoms with Crippen LogP contribution in [0.25, 0.3) is 0 Å². The van der Waals surface area contributed by atoms with Crippen molar-refractivity contribution in [1.82, 2.24) is 5.32 Å². The van der Waals surface area contributed by atoms with E-state index in [1.54, 1.807) is 0 Å². The molecule has 0 spiro atoms. The van der Waals surface area contributed by atoms with Gasteiger partial charge in [-0.1, -0.05) is 35.9 Å². The standard InChI is InChI=1S/C20H19ClN2O5/c1-12(28-20(25)14-9-10-16(21)18(11-14)23(26)27)19(24)22-17-8-4-6-13-5-2-3-7-15(13)17/h2-3,5,7,9-12,17H,4,6,8H2,1H3,(H,22,24)/t12-,17+/m0/s1. The highest BCUT2D eigenvalue weighted by Crippen LogP contribution is 2.29. The van der Waals surface area contributed by atoms with Crippen LogP contribution in [0.3, 0.4) is 0 Å². The number of aryl methyl sites for hydroxylation is 1. The van der Waals surface area contributed by atoms with E-state index < -0.39 is 28.6 Å². The second-order valence-corrected chi connectivity index (χ2v) is 7.03. The smallest absolute Gasteiger partial charge is 0.339 e. The fourth-order valence-electron chi connectivity index (χ4n) is 3.25. The lowest BCUT2D eigenvalue weighted by atomic mass is 9.87. The summed E-state index contributed by atoms with van der Waals surface area (Å²) in [5, 5.41) is 13.8. The van der Waals surface area contributed by atoms with Gasteiger partial charge in [0.2, 0.25) is 0 Å². The minimum absolute atomic E-state index is 0.0428. The molecule has 0 saturated heterocycles. The van der Waals surface area contributed by atoms with Crippen molar-refractivity contribution in [3.05, 3.63) is 74.3 Å². The maximum absolute atomic E-state index is 12.5. The number of carbonyl (C=O) groups excluding carboxylic acids is 2. The van der Waals surface area contributed by atoms with Crippen molar-refractivity contribution in [1.29, 1.82) is 0 Å². The van der Waals surface area contributed by atoms with Gasteiger partial charge < -0.3 is 10.1 Å². The average Bonchev–Trinajstić information content (AvgIpc) is 2.68. The lowest BCUT2D eigenvalue weighted by molar-refractivity contribution is -0.384. The lowest BCUT2D eigenvalue weighted by Crippen LogP contribution is -2.39. The van der Waals surface area contributed by atoms with Gasteiger partial charge in [0.25, 0.3) is 11.6 Å². The molecule has 28 heavy (non-hydrogen) atoms. The Labute approximate surface area is 166 Å². The summed E-state index contributed by atoms with van der Waals surface area (Å²) in [6, 6.07) is 11.4. The first-order valence-electron chi connectivity index (χ1n) is 8.90. The summed E-state index contributed by atoms with van der Waals surface area (Å²) in [5.74, 6) is -1.25. The summed E-state index contributed by atoms with van der Waals surface area (Å²) in [4.78, 5) is 35.0. The third-order valence-corrected chi connectivity index (χ3v) is 5.04. The maximum Gasteiger partial charge on any atom is 0.339 e. The van der Waals surface area contributed by atoms with Gasteiger partial charge in [0.15, 0.2) is 6.10 Å². The van der Waals surface area contributed by atoms with E-state index in [1.165, 1.54) is 24.6 Å². The van der Waals surface area contributed by atoms with Crippen LogP contribution in [0.1, 0.15) is 47.3 Å². The number of nitrogens with one attached hydrogen (secondary N) is 1. The van der Waals surface area contributed by atoms with Gasteiger partial charge in [-0.15, -0.1) is 0 Å². The molecular weight excluding hydrogens is 384 g/mol. The third kappa shape index (κ3) is 4.31. The highest BCUT2D eigenvalue weighted by atomic mass is 35.5. The molecule has 146 valence electrons. The number of ether oxygens (including phenoxy) is 1. The van der Waals surface area contributed by atoms with E-state index in [0.717, 1.165) is 30.9 Å². The molecule has 0 heterocycles. The molecule has 1 N–H and O–H groups in total. The largest absolute Gasteiger partial charge is 0.449 e. The van der Waals surface area contributed by atoms with E-state index in [4.69, 9.17) is 16.3 Å². The van der Waals surface area contributed by atoms with Crippen LogP contribution >= 0.6 is 11.6 Å². The van der Waals surface area contributed by atoms with Crippen LogP contribution in [0.2, 0.25) is 5.02 Å². The Morgan fingerprint density at radius 2 is 2.04 bits per heavy atom. The summed E-state index contributed by atoms with van der Waals surface area (Å²) < 4.78 is 5.19. The van der Waals surface area contributed by atoms with Crippen molar-refractivity contribution in [2.45, 2.75) is 38.3 Å². The van der Waals surface area contributed by atoms with E-state index in [9.17, 15) is 19.7 Å². The van der Waals surface area contributed by atoms with Crippen LogP contribution in [0, 0.1) is 10.1 Å². The number of amides is 1. The monoisotopic (exact) mass is 402 g/mol. The number of hydrogen-bond donors (Lipinski definition) is 1.